The molecule has 1 N–H and O–H groups in total. The van der Waals surface area contributed by atoms with Gasteiger partial charge in [-0.05, 0) is 75.3 Å². The molecule has 7 nitrogen and oxygen atoms in total. The summed E-state index contributed by atoms with van der Waals surface area (Å²) in [6.07, 6.45) is 3.32. The number of carboxylic acids is 1. The van der Waals surface area contributed by atoms with Gasteiger partial charge in [0.1, 0.15) is 18.1 Å². The zero-order chi connectivity index (χ0) is 28.1. The van der Waals surface area contributed by atoms with Crippen LogP contribution < -0.4 is 9.47 Å². The molecule has 2 aromatic carbocycles. The number of benzene rings is 2. The lowest BCUT2D eigenvalue weighted by atomic mass is 9.98. The summed E-state index contributed by atoms with van der Waals surface area (Å²) in [5.74, 6) is 0.717. The van der Waals surface area contributed by atoms with Crippen LogP contribution >= 0.6 is 0 Å². The lowest BCUT2D eigenvalue weighted by Crippen LogP contribution is -2.40. The molecule has 0 fully saturated rings. The molecule has 0 aliphatic carbocycles. The van der Waals surface area contributed by atoms with Crippen molar-refractivity contribution in [2.24, 2.45) is 5.92 Å². The van der Waals surface area contributed by atoms with Crippen molar-refractivity contribution in [2.45, 2.75) is 79.8 Å². The standard InChI is InChI=1S/C31H45NO6/c1-7-10-26(11-8-2)21-32(31(35)38-29-23(5)18-22(4)19-24(29)6)16-17-37-27-14-12-25(13-15-27)20-28(30(33)34)36-9-3/h12-15,18-19,26,28H,7-11,16-17,20-21H2,1-6H3,(H,33,34). The molecule has 2 rings (SSSR count). The number of carbonyl (C=O) groups is 2. The Morgan fingerprint density at radius 2 is 1.55 bits per heavy atom. The van der Waals surface area contributed by atoms with E-state index in [1.54, 1.807) is 11.8 Å². The lowest BCUT2D eigenvalue weighted by molar-refractivity contribution is -0.149. The van der Waals surface area contributed by atoms with Gasteiger partial charge in [-0.15, -0.1) is 0 Å². The maximum atomic E-state index is 13.3. The van der Waals surface area contributed by atoms with Crippen LogP contribution in [0.1, 0.15) is 68.7 Å². The maximum absolute atomic E-state index is 13.3. The van der Waals surface area contributed by atoms with Gasteiger partial charge in [0, 0.05) is 19.6 Å². The number of amides is 1. The van der Waals surface area contributed by atoms with Crippen molar-refractivity contribution in [3.8, 4) is 11.5 Å². The summed E-state index contributed by atoms with van der Waals surface area (Å²) in [6, 6.07) is 11.4. The summed E-state index contributed by atoms with van der Waals surface area (Å²) in [5.41, 5.74) is 3.88. The quantitative estimate of drug-likeness (QED) is 0.260. The summed E-state index contributed by atoms with van der Waals surface area (Å²) in [4.78, 5) is 26.5. The van der Waals surface area contributed by atoms with Gasteiger partial charge in [0.15, 0.2) is 6.10 Å². The first-order valence-electron chi connectivity index (χ1n) is 13.8. The largest absolute Gasteiger partial charge is 0.492 e. The third-order valence-electron chi connectivity index (χ3n) is 6.54. The molecule has 7 heteroatoms. The van der Waals surface area contributed by atoms with Gasteiger partial charge in [-0.2, -0.15) is 0 Å². The highest BCUT2D eigenvalue weighted by Gasteiger charge is 2.22. The molecule has 0 aromatic heterocycles. The van der Waals surface area contributed by atoms with E-state index in [2.05, 4.69) is 13.8 Å². The Labute approximate surface area is 228 Å². The molecule has 1 unspecified atom stereocenters. The predicted octanol–water partition coefficient (Wildman–Crippen LogP) is 6.74. The number of carboxylic acid groups (broad SMARTS) is 1. The average molecular weight is 528 g/mol. The van der Waals surface area contributed by atoms with E-state index in [0.29, 0.717) is 43.7 Å². The average Bonchev–Trinajstić information content (AvgIpc) is 2.86. The number of hydrogen-bond acceptors (Lipinski definition) is 5. The zero-order valence-electron chi connectivity index (χ0n) is 23.9. The minimum atomic E-state index is -0.973. The SMILES string of the molecule is CCCC(CCC)CN(CCOc1ccc(CC(OCC)C(=O)O)cc1)C(=O)Oc1c(C)cc(C)cc1C. The summed E-state index contributed by atoms with van der Waals surface area (Å²) in [6.45, 7) is 13.8. The Balaban J connectivity index is 2.07. The lowest BCUT2D eigenvalue weighted by Gasteiger charge is -2.27. The Morgan fingerprint density at radius 3 is 2.08 bits per heavy atom. The van der Waals surface area contributed by atoms with Gasteiger partial charge in [0.2, 0.25) is 0 Å². The van der Waals surface area contributed by atoms with Crippen LogP contribution in [0.2, 0.25) is 0 Å². The number of ether oxygens (including phenoxy) is 3. The minimum Gasteiger partial charge on any atom is -0.492 e. The molecule has 0 radical (unpaired) electrons. The number of hydrogen-bond donors (Lipinski definition) is 1. The van der Waals surface area contributed by atoms with Crippen LogP contribution in [0.25, 0.3) is 0 Å². The Hall–Kier alpha value is -3.06. The molecule has 1 atom stereocenters. The fourth-order valence-corrected chi connectivity index (χ4v) is 4.82. The molecule has 210 valence electrons. The van der Waals surface area contributed by atoms with Crippen molar-refractivity contribution in [2.75, 3.05) is 26.3 Å². The second kappa shape index (κ2) is 16.0. The van der Waals surface area contributed by atoms with Gasteiger partial charge in [0.05, 0.1) is 6.54 Å². The van der Waals surface area contributed by atoms with Gasteiger partial charge in [-0.25, -0.2) is 9.59 Å². The molecule has 0 bridgehead atoms. The topological polar surface area (TPSA) is 85.3 Å². The third-order valence-corrected chi connectivity index (χ3v) is 6.54. The zero-order valence-corrected chi connectivity index (χ0v) is 23.9. The molecule has 0 saturated heterocycles. The van der Waals surface area contributed by atoms with Gasteiger partial charge in [-0.1, -0.05) is 56.5 Å². The van der Waals surface area contributed by atoms with Crippen LogP contribution in [-0.4, -0.2) is 54.5 Å². The fraction of sp³-hybridized carbons (Fsp3) is 0.548. The Kier molecular flexibility index (Phi) is 13.1. The van der Waals surface area contributed by atoms with E-state index < -0.39 is 12.1 Å². The van der Waals surface area contributed by atoms with Crippen LogP contribution in [0.3, 0.4) is 0 Å². The van der Waals surface area contributed by atoms with E-state index in [-0.39, 0.29) is 12.5 Å². The van der Waals surface area contributed by atoms with Crippen LogP contribution in [0.15, 0.2) is 36.4 Å². The monoisotopic (exact) mass is 527 g/mol. The van der Waals surface area contributed by atoms with Gasteiger partial charge in [0.25, 0.3) is 0 Å². The van der Waals surface area contributed by atoms with Crippen LogP contribution in [0.4, 0.5) is 4.79 Å². The van der Waals surface area contributed by atoms with E-state index in [9.17, 15) is 14.7 Å². The van der Waals surface area contributed by atoms with Crippen LogP contribution in [0, 0.1) is 26.7 Å². The summed E-state index contributed by atoms with van der Waals surface area (Å²) >= 11 is 0. The number of carbonyl (C=O) groups excluding carboxylic acids is 1. The highest BCUT2D eigenvalue weighted by Crippen LogP contribution is 2.26. The van der Waals surface area contributed by atoms with Crippen molar-refractivity contribution < 1.29 is 28.9 Å². The molecule has 38 heavy (non-hydrogen) atoms. The maximum Gasteiger partial charge on any atom is 0.415 e. The number of aryl methyl sites for hydroxylation is 3. The normalized spacial score (nSPS) is 11.9. The summed E-state index contributed by atoms with van der Waals surface area (Å²) in [5, 5.41) is 9.31. The van der Waals surface area contributed by atoms with Crippen molar-refractivity contribution >= 4 is 12.1 Å². The van der Waals surface area contributed by atoms with Gasteiger partial charge < -0.3 is 24.2 Å². The van der Waals surface area contributed by atoms with E-state index in [4.69, 9.17) is 14.2 Å². The van der Waals surface area contributed by atoms with E-state index in [1.165, 1.54) is 0 Å². The molecular formula is C31H45NO6. The van der Waals surface area contributed by atoms with Crippen LogP contribution in [0.5, 0.6) is 11.5 Å². The van der Waals surface area contributed by atoms with E-state index in [1.807, 2.05) is 57.2 Å². The molecule has 0 aliphatic heterocycles. The molecule has 0 saturated carbocycles. The van der Waals surface area contributed by atoms with E-state index in [0.717, 1.165) is 47.9 Å². The highest BCUT2D eigenvalue weighted by atomic mass is 16.6. The van der Waals surface area contributed by atoms with Crippen LogP contribution in [-0.2, 0) is 16.0 Å². The predicted molar refractivity (Wildman–Crippen MR) is 150 cm³/mol. The van der Waals surface area contributed by atoms with Gasteiger partial charge in [-0.3, -0.25) is 0 Å². The first kappa shape index (κ1) is 31.2. The first-order valence-corrected chi connectivity index (χ1v) is 13.8. The van der Waals surface area contributed by atoms with E-state index >= 15 is 0 Å². The number of nitrogens with zero attached hydrogens (tertiary/aromatic N) is 1. The van der Waals surface area contributed by atoms with Crippen molar-refractivity contribution in [3.63, 3.8) is 0 Å². The summed E-state index contributed by atoms with van der Waals surface area (Å²) < 4.78 is 17.2. The Bertz CT molecular complexity index is 991. The molecule has 0 heterocycles. The third kappa shape index (κ3) is 10.0. The Morgan fingerprint density at radius 1 is 0.947 bits per heavy atom. The molecule has 0 spiro atoms. The summed E-state index contributed by atoms with van der Waals surface area (Å²) in [7, 11) is 0. The van der Waals surface area contributed by atoms with Crippen molar-refractivity contribution in [3.05, 3.63) is 58.7 Å². The second-order valence-electron chi connectivity index (χ2n) is 9.96. The fourth-order valence-electron chi connectivity index (χ4n) is 4.82. The molecule has 0 aliphatic rings. The highest BCUT2D eigenvalue weighted by molar-refractivity contribution is 5.73. The van der Waals surface area contributed by atoms with Crippen molar-refractivity contribution in [1.29, 1.82) is 0 Å². The van der Waals surface area contributed by atoms with Crippen molar-refractivity contribution in [1.82, 2.24) is 4.90 Å². The first-order chi connectivity index (χ1) is 18.2. The second-order valence-corrected chi connectivity index (χ2v) is 9.96. The molecule has 2 aromatic rings. The molecule has 1 amide bonds. The smallest absolute Gasteiger partial charge is 0.415 e. The number of rotatable bonds is 16. The number of aliphatic carboxylic acids is 1. The van der Waals surface area contributed by atoms with Gasteiger partial charge >= 0.3 is 12.1 Å². The minimum absolute atomic E-state index is 0.289. The molecular weight excluding hydrogens is 482 g/mol.